The number of hydrogen-bond donors (Lipinski definition) is 0. The lowest BCUT2D eigenvalue weighted by molar-refractivity contribution is 0.669. The summed E-state index contributed by atoms with van der Waals surface area (Å²) in [6.45, 7) is 0. The Balaban J connectivity index is 0.935. The Labute approximate surface area is 352 Å². The summed E-state index contributed by atoms with van der Waals surface area (Å²) >= 11 is 0. The van der Waals surface area contributed by atoms with Crippen LogP contribution < -0.4 is 0 Å². The van der Waals surface area contributed by atoms with Crippen LogP contribution in [0.25, 0.3) is 122 Å². The molecule has 3 heterocycles. The molecule has 4 nitrogen and oxygen atoms in total. The predicted molar refractivity (Wildman–Crippen MR) is 252 cm³/mol. The third kappa shape index (κ3) is 5.96. The molecule has 4 heteroatoms. The number of benzene rings is 9. The average Bonchev–Trinajstić information content (AvgIpc) is 3.71. The summed E-state index contributed by atoms with van der Waals surface area (Å²) in [6.07, 6.45) is 0. The van der Waals surface area contributed by atoms with Crippen molar-refractivity contribution in [2.75, 3.05) is 0 Å². The second kappa shape index (κ2) is 14.3. The molecule has 0 aliphatic heterocycles. The molecule has 0 saturated carbocycles. The quantitative estimate of drug-likeness (QED) is 0.158. The molecule has 0 spiro atoms. The minimum absolute atomic E-state index is 0.708. The maximum absolute atomic E-state index is 6.58. The largest absolute Gasteiger partial charge is 0.456 e. The van der Waals surface area contributed by atoms with E-state index in [0.717, 1.165) is 99.5 Å². The summed E-state index contributed by atoms with van der Waals surface area (Å²) in [5.74, 6) is 0.708. The van der Waals surface area contributed by atoms with Gasteiger partial charge in [-0.2, -0.15) is 0 Å². The Bertz CT molecular complexity index is 3600. The Morgan fingerprint density at radius 2 is 0.738 bits per heavy atom. The van der Waals surface area contributed by atoms with E-state index in [1.807, 2.05) is 18.2 Å². The minimum atomic E-state index is 0.708. The van der Waals surface area contributed by atoms with Crippen molar-refractivity contribution in [1.29, 1.82) is 0 Å². The zero-order chi connectivity index (χ0) is 40.3. The van der Waals surface area contributed by atoms with Crippen molar-refractivity contribution in [3.05, 3.63) is 212 Å². The fraction of sp³-hybridized carbons (Fsp3) is 0. The monoisotopic (exact) mass is 777 g/mol. The maximum Gasteiger partial charge on any atom is 0.160 e. The Kier molecular flexibility index (Phi) is 8.13. The molecule has 0 amide bonds. The molecule has 0 radical (unpaired) electrons. The molecule has 0 fully saturated rings. The van der Waals surface area contributed by atoms with Crippen molar-refractivity contribution in [2.24, 2.45) is 0 Å². The van der Waals surface area contributed by atoms with Crippen molar-refractivity contribution >= 4 is 54.5 Å². The molecular formula is C57H35N3O. The average molecular weight is 778 g/mol. The van der Waals surface area contributed by atoms with Crippen molar-refractivity contribution in [3.63, 3.8) is 0 Å². The Hall–Kier alpha value is -8.21. The van der Waals surface area contributed by atoms with E-state index in [0.29, 0.717) is 5.82 Å². The zero-order valence-corrected chi connectivity index (χ0v) is 33.0. The van der Waals surface area contributed by atoms with Gasteiger partial charge < -0.3 is 4.42 Å². The zero-order valence-electron chi connectivity index (χ0n) is 33.0. The second-order valence-corrected chi connectivity index (χ2v) is 15.5. The van der Waals surface area contributed by atoms with E-state index in [1.54, 1.807) is 0 Å². The first-order chi connectivity index (χ1) is 30.2. The van der Waals surface area contributed by atoms with E-state index >= 15 is 0 Å². The van der Waals surface area contributed by atoms with Gasteiger partial charge in [-0.15, -0.1) is 0 Å². The highest BCUT2D eigenvalue weighted by molar-refractivity contribution is 6.27. The van der Waals surface area contributed by atoms with Crippen LogP contribution in [0.4, 0.5) is 0 Å². The van der Waals surface area contributed by atoms with Gasteiger partial charge in [-0.1, -0.05) is 188 Å². The number of para-hydroxylation sites is 3. The molecule has 0 aliphatic carbocycles. The summed E-state index contributed by atoms with van der Waals surface area (Å²) in [5.41, 5.74) is 15.4. The van der Waals surface area contributed by atoms with Gasteiger partial charge in [0, 0.05) is 54.6 Å². The Morgan fingerprint density at radius 1 is 0.279 bits per heavy atom. The molecule has 0 N–H and O–H groups in total. The lowest BCUT2D eigenvalue weighted by Gasteiger charge is -2.16. The fourth-order valence-corrected chi connectivity index (χ4v) is 8.94. The normalized spacial score (nSPS) is 11.6. The summed E-state index contributed by atoms with van der Waals surface area (Å²) in [4.78, 5) is 15.5. The van der Waals surface area contributed by atoms with E-state index in [2.05, 4.69) is 194 Å². The van der Waals surface area contributed by atoms with Crippen LogP contribution in [0.3, 0.4) is 0 Å². The molecular weight excluding hydrogens is 743 g/mol. The lowest BCUT2D eigenvalue weighted by atomic mass is 9.89. The summed E-state index contributed by atoms with van der Waals surface area (Å²) < 4.78 is 6.58. The number of rotatable bonds is 6. The number of fused-ring (bicyclic) bond motifs is 7. The van der Waals surface area contributed by atoms with Crippen molar-refractivity contribution in [1.82, 2.24) is 15.0 Å². The van der Waals surface area contributed by atoms with E-state index in [1.165, 1.54) is 16.5 Å². The molecule has 12 rings (SSSR count). The van der Waals surface area contributed by atoms with Gasteiger partial charge in [0.15, 0.2) is 5.82 Å². The Morgan fingerprint density at radius 3 is 1.38 bits per heavy atom. The van der Waals surface area contributed by atoms with E-state index < -0.39 is 0 Å². The number of nitrogens with zero attached hydrogens (tertiary/aromatic N) is 3. The van der Waals surface area contributed by atoms with Gasteiger partial charge in [0.25, 0.3) is 0 Å². The third-order valence-corrected chi connectivity index (χ3v) is 11.9. The summed E-state index contributed by atoms with van der Waals surface area (Å²) in [7, 11) is 0. The summed E-state index contributed by atoms with van der Waals surface area (Å²) in [5, 5.41) is 6.61. The fourth-order valence-electron chi connectivity index (χ4n) is 8.94. The highest BCUT2D eigenvalue weighted by atomic mass is 16.3. The van der Waals surface area contributed by atoms with Crippen LogP contribution in [0, 0.1) is 0 Å². The standard InChI is InChI=1S/C57H35N3O/c1-3-13-36(14-4-1)37-27-33-43(34-28-37)57-59-49-21-11-8-18-45(49)55(60-57)41-29-23-38(24-30-41)39-25-31-42(32-26-39)56-47-35-51-54(46-19-9-12-22-50(46)61-51)52(40-15-5-2-6-16-40)53(47)44-17-7-10-20-48(44)58-56/h1-35H. The third-order valence-electron chi connectivity index (χ3n) is 11.9. The van der Waals surface area contributed by atoms with Crippen LogP contribution in [-0.4, -0.2) is 15.0 Å². The first-order valence-electron chi connectivity index (χ1n) is 20.6. The number of furan rings is 1. The van der Waals surface area contributed by atoms with Crippen molar-refractivity contribution in [2.45, 2.75) is 0 Å². The minimum Gasteiger partial charge on any atom is -0.456 e. The SMILES string of the molecule is c1ccc(-c2ccc(-c3nc(-c4ccc(-c5ccc(-c6nc7ccccc7c7c(-c8ccccc8)c8c(cc67)oc6ccccc68)cc5)cc4)c4ccccc4n3)cc2)cc1. The molecule has 12 aromatic rings. The molecule has 284 valence electrons. The van der Waals surface area contributed by atoms with Crippen LogP contribution in [0.1, 0.15) is 0 Å². The van der Waals surface area contributed by atoms with Crippen LogP contribution in [-0.2, 0) is 0 Å². The van der Waals surface area contributed by atoms with Crippen LogP contribution >= 0.6 is 0 Å². The first-order valence-corrected chi connectivity index (χ1v) is 20.6. The topological polar surface area (TPSA) is 51.8 Å². The maximum atomic E-state index is 6.58. The second-order valence-electron chi connectivity index (χ2n) is 15.5. The number of pyridine rings is 1. The highest BCUT2D eigenvalue weighted by Crippen LogP contribution is 2.46. The van der Waals surface area contributed by atoms with E-state index in [9.17, 15) is 0 Å². The predicted octanol–water partition coefficient (Wildman–Crippen LogP) is 15.2. The van der Waals surface area contributed by atoms with Gasteiger partial charge in [0.1, 0.15) is 11.2 Å². The van der Waals surface area contributed by atoms with Crippen LogP contribution in [0.2, 0.25) is 0 Å². The molecule has 61 heavy (non-hydrogen) atoms. The molecule has 0 unspecified atom stereocenters. The van der Waals surface area contributed by atoms with E-state index in [-0.39, 0.29) is 0 Å². The van der Waals surface area contributed by atoms with Gasteiger partial charge in [-0.05, 0) is 52.1 Å². The van der Waals surface area contributed by atoms with Gasteiger partial charge in [0.05, 0.1) is 22.4 Å². The van der Waals surface area contributed by atoms with Gasteiger partial charge in [-0.3, -0.25) is 0 Å². The van der Waals surface area contributed by atoms with Gasteiger partial charge in [-0.25, -0.2) is 15.0 Å². The van der Waals surface area contributed by atoms with Gasteiger partial charge in [0.2, 0.25) is 0 Å². The van der Waals surface area contributed by atoms with Crippen LogP contribution in [0.15, 0.2) is 217 Å². The molecule has 0 bridgehead atoms. The molecule has 0 atom stereocenters. The first kappa shape index (κ1) is 34.8. The highest BCUT2D eigenvalue weighted by Gasteiger charge is 2.21. The number of hydrogen-bond acceptors (Lipinski definition) is 4. The van der Waals surface area contributed by atoms with Crippen molar-refractivity contribution < 1.29 is 4.42 Å². The smallest absolute Gasteiger partial charge is 0.160 e. The molecule has 9 aromatic carbocycles. The molecule has 0 aliphatic rings. The molecule has 0 saturated heterocycles. The van der Waals surface area contributed by atoms with Gasteiger partial charge >= 0.3 is 0 Å². The summed E-state index contributed by atoms with van der Waals surface area (Å²) in [6, 6.07) is 74.4. The van der Waals surface area contributed by atoms with E-state index in [4.69, 9.17) is 19.4 Å². The lowest BCUT2D eigenvalue weighted by Crippen LogP contribution is -1.95. The molecule has 3 aromatic heterocycles. The van der Waals surface area contributed by atoms with Crippen molar-refractivity contribution in [3.8, 4) is 67.3 Å². The number of aromatic nitrogens is 3. The van der Waals surface area contributed by atoms with Crippen LogP contribution in [0.5, 0.6) is 0 Å².